The number of amides is 1. The van der Waals surface area contributed by atoms with Gasteiger partial charge in [-0.2, -0.15) is 0 Å². The summed E-state index contributed by atoms with van der Waals surface area (Å²) in [5, 5.41) is 0. The van der Waals surface area contributed by atoms with E-state index in [0.29, 0.717) is 0 Å². The Bertz CT molecular complexity index is 207. The van der Waals surface area contributed by atoms with Crippen LogP contribution >= 0.6 is 0 Å². The van der Waals surface area contributed by atoms with Gasteiger partial charge in [0.2, 0.25) is 5.78 Å². The van der Waals surface area contributed by atoms with Gasteiger partial charge in [-0.1, -0.05) is 0 Å². The number of likely N-dealkylation sites (tertiary alicyclic amines) is 1. The molecule has 0 aliphatic carbocycles. The normalized spacial score (nSPS) is 20.8. The quantitative estimate of drug-likeness (QED) is 0.512. The minimum atomic E-state index is -2.79. The van der Waals surface area contributed by atoms with E-state index in [2.05, 4.69) is 0 Å². The maximum Gasteiger partial charge on any atom is 0.290 e. The van der Waals surface area contributed by atoms with Gasteiger partial charge in [-0.15, -0.1) is 0 Å². The first-order valence-corrected chi connectivity index (χ1v) is 3.10. The van der Waals surface area contributed by atoms with Gasteiger partial charge in [0, 0.05) is 6.92 Å². The Balaban J connectivity index is 2.45. The van der Waals surface area contributed by atoms with Gasteiger partial charge in [0.05, 0.1) is 13.1 Å². The predicted molar refractivity (Wildman–Crippen MR) is 32.2 cm³/mol. The number of carbonyl (C=O) groups excluding carboxylic acids is 2. The van der Waals surface area contributed by atoms with Gasteiger partial charge in [0.15, 0.2) is 0 Å². The van der Waals surface area contributed by atoms with E-state index in [1.54, 1.807) is 0 Å². The van der Waals surface area contributed by atoms with Crippen molar-refractivity contribution in [3.8, 4) is 0 Å². The summed E-state index contributed by atoms with van der Waals surface area (Å²) in [7, 11) is 0. The molecule has 0 radical (unpaired) electrons. The third-order valence-electron chi connectivity index (χ3n) is 1.43. The Hall–Kier alpha value is -1.00. The molecule has 1 rings (SSSR count). The molecule has 0 aromatic rings. The van der Waals surface area contributed by atoms with Gasteiger partial charge in [-0.05, 0) is 0 Å². The summed E-state index contributed by atoms with van der Waals surface area (Å²) in [6, 6.07) is 0. The highest BCUT2D eigenvalue weighted by Crippen LogP contribution is 2.26. The molecular formula is C6H7F2NO2. The summed E-state index contributed by atoms with van der Waals surface area (Å²) < 4.78 is 24.2. The molecular weight excluding hydrogens is 156 g/mol. The van der Waals surface area contributed by atoms with E-state index in [9.17, 15) is 18.4 Å². The Kier molecular flexibility index (Phi) is 1.66. The van der Waals surface area contributed by atoms with Crippen molar-refractivity contribution in [2.75, 3.05) is 13.1 Å². The Morgan fingerprint density at radius 3 is 2.09 bits per heavy atom. The number of rotatable bonds is 1. The largest absolute Gasteiger partial charge is 0.324 e. The minimum absolute atomic E-state index is 0.620. The van der Waals surface area contributed by atoms with Crippen LogP contribution in [0.3, 0.4) is 0 Å². The van der Waals surface area contributed by atoms with Crippen LogP contribution in [-0.4, -0.2) is 35.6 Å². The van der Waals surface area contributed by atoms with E-state index in [1.807, 2.05) is 0 Å². The standard InChI is InChI=1S/C6H7F2NO2/c1-4(10)5(11)9-2-6(7,8)3-9/h2-3H2,1H3. The lowest BCUT2D eigenvalue weighted by atomic mass is 10.1. The van der Waals surface area contributed by atoms with Crippen molar-refractivity contribution < 1.29 is 18.4 Å². The van der Waals surface area contributed by atoms with Crippen molar-refractivity contribution in [2.45, 2.75) is 12.8 Å². The van der Waals surface area contributed by atoms with Crippen LogP contribution in [0.2, 0.25) is 0 Å². The average Bonchev–Trinajstić information content (AvgIpc) is 1.80. The maximum atomic E-state index is 12.1. The van der Waals surface area contributed by atoms with Gasteiger partial charge >= 0.3 is 0 Å². The Morgan fingerprint density at radius 1 is 1.36 bits per heavy atom. The number of Topliss-reactive ketones (excluding diaryl/α,β-unsaturated/α-hetero) is 1. The van der Waals surface area contributed by atoms with Gasteiger partial charge in [-0.3, -0.25) is 9.59 Å². The highest BCUT2D eigenvalue weighted by Gasteiger charge is 2.46. The molecule has 0 N–H and O–H groups in total. The van der Waals surface area contributed by atoms with E-state index < -0.39 is 30.7 Å². The van der Waals surface area contributed by atoms with Crippen LogP contribution < -0.4 is 0 Å². The van der Waals surface area contributed by atoms with Gasteiger partial charge in [0.25, 0.3) is 11.8 Å². The molecule has 0 atom stereocenters. The number of halogens is 2. The summed E-state index contributed by atoms with van der Waals surface area (Å²) in [5.41, 5.74) is 0. The SMILES string of the molecule is CC(=O)C(=O)N1CC(F)(F)C1. The molecule has 1 aliphatic heterocycles. The van der Waals surface area contributed by atoms with Crippen molar-refractivity contribution in [3.63, 3.8) is 0 Å². The molecule has 1 saturated heterocycles. The summed E-state index contributed by atoms with van der Waals surface area (Å²) in [4.78, 5) is 21.8. The fourth-order valence-corrected chi connectivity index (χ4v) is 0.878. The molecule has 0 spiro atoms. The molecule has 0 aromatic heterocycles. The first kappa shape index (κ1) is 8.10. The second-order valence-electron chi connectivity index (χ2n) is 2.57. The fourth-order valence-electron chi connectivity index (χ4n) is 0.878. The number of carbonyl (C=O) groups is 2. The van der Waals surface area contributed by atoms with Crippen LogP contribution in [0.15, 0.2) is 0 Å². The van der Waals surface area contributed by atoms with Crippen molar-refractivity contribution in [2.24, 2.45) is 0 Å². The lowest BCUT2D eigenvalue weighted by molar-refractivity contribution is -0.168. The lowest BCUT2D eigenvalue weighted by Crippen LogP contribution is -2.59. The summed E-state index contributed by atoms with van der Waals surface area (Å²) in [5.74, 6) is -4.30. The lowest BCUT2D eigenvalue weighted by Gasteiger charge is -2.37. The van der Waals surface area contributed by atoms with E-state index in [1.165, 1.54) is 0 Å². The molecule has 1 aliphatic rings. The van der Waals surface area contributed by atoms with Crippen molar-refractivity contribution in [1.29, 1.82) is 0 Å². The zero-order valence-electron chi connectivity index (χ0n) is 5.93. The minimum Gasteiger partial charge on any atom is -0.324 e. The predicted octanol–water partition coefficient (Wildman–Crippen LogP) is 0.0529. The summed E-state index contributed by atoms with van der Waals surface area (Å²) in [6.45, 7) is -0.171. The molecule has 5 heteroatoms. The smallest absolute Gasteiger partial charge is 0.290 e. The maximum absolute atomic E-state index is 12.1. The number of nitrogens with zero attached hydrogens (tertiary/aromatic N) is 1. The molecule has 1 amide bonds. The average molecular weight is 163 g/mol. The van der Waals surface area contributed by atoms with Gasteiger partial charge in [0.1, 0.15) is 0 Å². The Morgan fingerprint density at radius 2 is 1.82 bits per heavy atom. The monoisotopic (exact) mass is 163 g/mol. The summed E-state index contributed by atoms with van der Waals surface area (Å²) in [6.07, 6.45) is 0. The fraction of sp³-hybridized carbons (Fsp3) is 0.667. The van der Waals surface area contributed by atoms with Crippen LogP contribution in [0.5, 0.6) is 0 Å². The van der Waals surface area contributed by atoms with E-state index in [-0.39, 0.29) is 0 Å². The van der Waals surface area contributed by atoms with Crippen molar-refractivity contribution >= 4 is 11.7 Å². The molecule has 1 heterocycles. The summed E-state index contributed by atoms with van der Waals surface area (Å²) >= 11 is 0. The number of hydrogen-bond donors (Lipinski definition) is 0. The highest BCUT2D eigenvalue weighted by molar-refractivity contribution is 6.35. The number of hydrogen-bond acceptors (Lipinski definition) is 2. The van der Waals surface area contributed by atoms with E-state index >= 15 is 0 Å². The first-order chi connectivity index (χ1) is 4.92. The van der Waals surface area contributed by atoms with E-state index in [0.717, 1.165) is 11.8 Å². The van der Waals surface area contributed by atoms with Gasteiger partial charge in [-0.25, -0.2) is 8.78 Å². The zero-order valence-corrected chi connectivity index (χ0v) is 5.93. The third kappa shape index (κ3) is 1.53. The molecule has 0 bridgehead atoms. The molecule has 0 unspecified atom stereocenters. The van der Waals surface area contributed by atoms with Crippen LogP contribution in [0.4, 0.5) is 8.78 Å². The van der Waals surface area contributed by atoms with Crippen molar-refractivity contribution in [1.82, 2.24) is 4.90 Å². The van der Waals surface area contributed by atoms with Crippen molar-refractivity contribution in [3.05, 3.63) is 0 Å². The Labute approximate surface area is 62.0 Å². The number of ketones is 1. The van der Waals surface area contributed by atoms with Crippen LogP contribution in [-0.2, 0) is 9.59 Å². The molecule has 11 heavy (non-hydrogen) atoms. The molecule has 1 fully saturated rings. The molecule has 0 saturated carbocycles. The number of alkyl halides is 2. The first-order valence-electron chi connectivity index (χ1n) is 3.10. The van der Waals surface area contributed by atoms with E-state index in [4.69, 9.17) is 0 Å². The van der Waals surface area contributed by atoms with Crippen LogP contribution in [0.25, 0.3) is 0 Å². The second-order valence-corrected chi connectivity index (χ2v) is 2.57. The molecule has 3 nitrogen and oxygen atoms in total. The van der Waals surface area contributed by atoms with Crippen LogP contribution in [0.1, 0.15) is 6.92 Å². The molecule has 62 valence electrons. The zero-order chi connectivity index (χ0) is 8.65. The third-order valence-corrected chi connectivity index (χ3v) is 1.43. The second kappa shape index (κ2) is 2.25. The topological polar surface area (TPSA) is 37.4 Å². The van der Waals surface area contributed by atoms with Crippen LogP contribution in [0, 0.1) is 0 Å². The highest BCUT2D eigenvalue weighted by atomic mass is 19.3. The van der Waals surface area contributed by atoms with Gasteiger partial charge < -0.3 is 4.90 Å². The molecule has 0 aromatic carbocycles.